The summed E-state index contributed by atoms with van der Waals surface area (Å²) in [5, 5.41) is 7.26. The van der Waals surface area contributed by atoms with Gasteiger partial charge in [0, 0.05) is 12.1 Å². The average Bonchev–Trinajstić information content (AvgIpc) is 3.03. The van der Waals surface area contributed by atoms with Crippen molar-refractivity contribution >= 4 is 16.9 Å². The summed E-state index contributed by atoms with van der Waals surface area (Å²) in [4.78, 5) is 24.1. The molecule has 0 fully saturated rings. The van der Waals surface area contributed by atoms with Crippen molar-refractivity contribution in [2.75, 3.05) is 0 Å². The number of fused-ring (bicyclic) bond motifs is 1. The highest BCUT2D eigenvalue weighted by molar-refractivity contribution is 5.88. The molecule has 0 spiro atoms. The van der Waals surface area contributed by atoms with Crippen molar-refractivity contribution in [2.45, 2.75) is 46.8 Å². The van der Waals surface area contributed by atoms with Gasteiger partial charge in [0.05, 0.1) is 17.6 Å². The molecule has 1 unspecified atom stereocenters. The van der Waals surface area contributed by atoms with Crippen molar-refractivity contribution < 1.29 is 18.5 Å². The van der Waals surface area contributed by atoms with E-state index in [2.05, 4.69) is 10.5 Å². The fourth-order valence-corrected chi connectivity index (χ4v) is 2.90. The molecule has 0 aliphatic carbocycles. The van der Waals surface area contributed by atoms with Crippen LogP contribution in [-0.2, 0) is 17.8 Å². The Balaban J connectivity index is 1.82. The van der Waals surface area contributed by atoms with Crippen LogP contribution in [0.1, 0.15) is 36.4 Å². The summed E-state index contributed by atoms with van der Waals surface area (Å²) in [6, 6.07) is 6.85. The van der Waals surface area contributed by atoms with Crippen LogP contribution in [0.5, 0.6) is 5.75 Å². The molecule has 0 aliphatic heterocycles. The second-order valence-electron chi connectivity index (χ2n) is 6.49. The van der Waals surface area contributed by atoms with Crippen LogP contribution < -0.4 is 15.7 Å². The van der Waals surface area contributed by atoms with Crippen molar-refractivity contribution in [3.8, 4) is 5.75 Å². The molecule has 2 aromatic heterocycles. The molecule has 1 aromatic carbocycles. The number of benzene rings is 1. The number of aromatic nitrogens is 1. The number of rotatable bonds is 6. The number of carbonyl (C=O) groups excluding carboxylic acids is 1. The SMILES string of the molecule is CCc1cc(=O)oc2cc(C)cc(OC(C)C(=O)NCc3cc(C)no3)c12. The number of nitrogens with zero attached hydrogens (tertiary/aromatic N) is 1. The Morgan fingerprint density at radius 3 is 2.70 bits per heavy atom. The van der Waals surface area contributed by atoms with Crippen LogP contribution in [0.4, 0.5) is 0 Å². The summed E-state index contributed by atoms with van der Waals surface area (Å²) >= 11 is 0. The quantitative estimate of drug-likeness (QED) is 0.670. The van der Waals surface area contributed by atoms with Gasteiger partial charge in [0.1, 0.15) is 11.3 Å². The molecule has 7 nitrogen and oxygen atoms in total. The first kappa shape index (κ1) is 18.7. The largest absolute Gasteiger partial charge is 0.480 e. The van der Waals surface area contributed by atoms with Crippen molar-refractivity contribution in [1.29, 1.82) is 0 Å². The number of amides is 1. The summed E-state index contributed by atoms with van der Waals surface area (Å²) < 4.78 is 16.3. The molecule has 0 saturated carbocycles. The topological polar surface area (TPSA) is 94.6 Å². The second kappa shape index (κ2) is 7.65. The standard InChI is InChI=1S/C20H22N2O5/c1-5-14-9-18(23)26-17-7-11(2)6-16(19(14)17)25-13(4)20(24)21-10-15-8-12(3)22-27-15/h6-9,13H,5,10H2,1-4H3,(H,21,24). The van der Waals surface area contributed by atoms with E-state index in [0.29, 0.717) is 28.9 Å². The molecule has 3 rings (SSSR count). The first-order valence-corrected chi connectivity index (χ1v) is 8.81. The van der Waals surface area contributed by atoms with Crippen LogP contribution in [0.25, 0.3) is 11.0 Å². The van der Waals surface area contributed by atoms with Gasteiger partial charge in [-0.1, -0.05) is 12.1 Å². The van der Waals surface area contributed by atoms with E-state index >= 15 is 0 Å². The van der Waals surface area contributed by atoms with Crippen LogP contribution >= 0.6 is 0 Å². The van der Waals surface area contributed by atoms with Crippen molar-refractivity contribution in [3.05, 3.63) is 57.3 Å². The molecule has 0 radical (unpaired) electrons. The molecule has 0 saturated heterocycles. The third kappa shape index (κ3) is 4.19. The predicted octanol–water partition coefficient (Wildman–Crippen LogP) is 3.04. The highest BCUT2D eigenvalue weighted by atomic mass is 16.5. The molecular weight excluding hydrogens is 348 g/mol. The molecule has 142 valence electrons. The molecule has 27 heavy (non-hydrogen) atoms. The van der Waals surface area contributed by atoms with Gasteiger partial charge < -0.3 is 19.0 Å². The molecular formula is C20H22N2O5. The van der Waals surface area contributed by atoms with Gasteiger partial charge >= 0.3 is 5.63 Å². The number of ether oxygens (including phenoxy) is 1. The van der Waals surface area contributed by atoms with Crippen LogP contribution in [0, 0.1) is 13.8 Å². The maximum Gasteiger partial charge on any atom is 0.336 e. The normalized spacial score (nSPS) is 12.1. The first-order chi connectivity index (χ1) is 12.9. The summed E-state index contributed by atoms with van der Waals surface area (Å²) in [6.45, 7) is 7.54. The Kier molecular flexibility index (Phi) is 5.30. The monoisotopic (exact) mass is 370 g/mol. The Bertz CT molecular complexity index is 1030. The summed E-state index contributed by atoms with van der Waals surface area (Å²) in [6.07, 6.45) is -0.0944. The van der Waals surface area contributed by atoms with Gasteiger partial charge in [-0.3, -0.25) is 4.79 Å². The molecule has 0 aliphatic rings. The van der Waals surface area contributed by atoms with Crippen molar-refractivity contribution in [2.24, 2.45) is 0 Å². The average molecular weight is 370 g/mol. The molecule has 0 bridgehead atoms. The van der Waals surface area contributed by atoms with E-state index in [1.165, 1.54) is 6.07 Å². The van der Waals surface area contributed by atoms with Crippen LogP contribution in [0.15, 0.2) is 38.0 Å². The smallest absolute Gasteiger partial charge is 0.336 e. The Labute approximate surface area is 156 Å². The van der Waals surface area contributed by atoms with Gasteiger partial charge in [-0.25, -0.2) is 4.79 Å². The fourth-order valence-electron chi connectivity index (χ4n) is 2.90. The number of aryl methyl sites for hydroxylation is 3. The predicted molar refractivity (Wildman–Crippen MR) is 99.8 cm³/mol. The minimum atomic E-state index is -0.740. The van der Waals surface area contributed by atoms with Gasteiger partial charge in [0.2, 0.25) is 0 Å². The number of hydrogen-bond donors (Lipinski definition) is 1. The zero-order chi connectivity index (χ0) is 19.6. The van der Waals surface area contributed by atoms with Crippen molar-refractivity contribution in [1.82, 2.24) is 10.5 Å². The fraction of sp³-hybridized carbons (Fsp3) is 0.350. The van der Waals surface area contributed by atoms with Crippen LogP contribution in [0.2, 0.25) is 0 Å². The van der Waals surface area contributed by atoms with Crippen LogP contribution in [-0.4, -0.2) is 17.2 Å². The minimum absolute atomic E-state index is 0.233. The van der Waals surface area contributed by atoms with E-state index in [1.54, 1.807) is 19.1 Å². The summed E-state index contributed by atoms with van der Waals surface area (Å²) in [7, 11) is 0. The van der Waals surface area contributed by atoms with Gasteiger partial charge in [0.25, 0.3) is 5.91 Å². The Morgan fingerprint density at radius 1 is 1.26 bits per heavy atom. The van der Waals surface area contributed by atoms with E-state index in [1.807, 2.05) is 26.8 Å². The summed E-state index contributed by atoms with van der Waals surface area (Å²) in [5.74, 6) is 0.807. The van der Waals surface area contributed by atoms with Gasteiger partial charge in [-0.15, -0.1) is 0 Å². The third-order valence-electron chi connectivity index (χ3n) is 4.20. The van der Waals surface area contributed by atoms with Crippen LogP contribution in [0.3, 0.4) is 0 Å². The first-order valence-electron chi connectivity index (χ1n) is 8.81. The molecule has 1 atom stereocenters. The molecule has 1 N–H and O–H groups in total. The van der Waals surface area contributed by atoms with E-state index in [9.17, 15) is 9.59 Å². The second-order valence-corrected chi connectivity index (χ2v) is 6.49. The van der Waals surface area contributed by atoms with Crippen molar-refractivity contribution in [3.63, 3.8) is 0 Å². The van der Waals surface area contributed by atoms with E-state index in [4.69, 9.17) is 13.7 Å². The molecule has 7 heteroatoms. The zero-order valence-electron chi connectivity index (χ0n) is 15.8. The molecule has 3 aromatic rings. The zero-order valence-corrected chi connectivity index (χ0v) is 15.8. The van der Waals surface area contributed by atoms with E-state index < -0.39 is 11.7 Å². The lowest BCUT2D eigenvalue weighted by Gasteiger charge is -2.17. The highest BCUT2D eigenvalue weighted by Gasteiger charge is 2.19. The Hall–Kier alpha value is -3.09. The van der Waals surface area contributed by atoms with Gasteiger partial charge in [-0.2, -0.15) is 0 Å². The Morgan fingerprint density at radius 2 is 2.04 bits per heavy atom. The minimum Gasteiger partial charge on any atom is -0.480 e. The molecule has 1 amide bonds. The lowest BCUT2D eigenvalue weighted by Crippen LogP contribution is -2.35. The van der Waals surface area contributed by atoms with Gasteiger partial charge in [-0.05, 0) is 50.5 Å². The number of hydrogen-bond acceptors (Lipinski definition) is 6. The number of nitrogens with one attached hydrogen (secondary N) is 1. The number of carbonyl (C=O) groups is 1. The van der Waals surface area contributed by atoms with E-state index in [-0.39, 0.29) is 12.5 Å². The maximum atomic E-state index is 12.4. The lowest BCUT2D eigenvalue weighted by atomic mass is 10.0. The highest BCUT2D eigenvalue weighted by Crippen LogP contribution is 2.31. The summed E-state index contributed by atoms with van der Waals surface area (Å²) in [5.41, 5.74) is 2.51. The van der Waals surface area contributed by atoms with Gasteiger partial charge in [0.15, 0.2) is 11.9 Å². The lowest BCUT2D eigenvalue weighted by molar-refractivity contribution is -0.127. The molecule has 2 heterocycles. The maximum absolute atomic E-state index is 12.4. The van der Waals surface area contributed by atoms with E-state index in [0.717, 1.165) is 16.8 Å². The third-order valence-corrected chi connectivity index (χ3v) is 4.20.